The van der Waals surface area contributed by atoms with E-state index < -0.39 is 40.7 Å². The molecule has 36 heavy (non-hydrogen) atoms. The lowest BCUT2D eigenvalue weighted by atomic mass is 10.0. The van der Waals surface area contributed by atoms with Gasteiger partial charge in [-0.3, -0.25) is 14.0 Å². The predicted molar refractivity (Wildman–Crippen MR) is 120 cm³/mol. The number of halogens is 3. The number of hydrogen-bond donors (Lipinski definition) is 2. The molecule has 0 bridgehead atoms. The highest BCUT2D eigenvalue weighted by molar-refractivity contribution is 7.85. The average molecular weight is 529 g/mol. The molecule has 1 aromatic carbocycles. The number of aliphatic hydroxyl groups is 1. The number of benzene rings is 1. The van der Waals surface area contributed by atoms with Crippen LogP contribution in [-0.2, 0) is 29.3 Å². The molecule has 0 fully saturated rings. The minimum Gasteiger partial charge on any atom is -0.374 e. The van der Waals surface area contributed by atoms with Gasteiger partial charge < -0.3 is 14.6 Å². The molecule has 11 nitrogen and oxygen atoms in total. The zero-order valence-corrected chi connectivity index (χ0v) is 20.2. The maximum Gasteiger partial charge on any atom is 0.276 e. The Morgan fingerprint density at radius 1 is 1.39 bits per heavy atom. The van der Waals surface area contributed by atoms with Crippen LogP contribution in [0.5, 0.6) is 0 Å². The van der Waals surface area contributed by atoms with E-state index >= 15 is 0 Å². The third-order valence-electron chi connectivity index (χ3n) is 5.56. The van der Waals surface area contributed by atoms with Gasteiger partial charge in [-0.1, -0.05) is 0 Å². The molecule has 2 unspecified atom stereocenters. The Morgan fingerprint density at radius 2 is 2.03 bits per heavy atom. The van der Waals surface area contributed by atoms with E-state index in [0.29, 0.717) is 34.1 Å². The van der Waals surface area contributed by atoms with Crippen LogP contribution >= 0.6 is 0 Å². The minimum atomic E-state index is -3.67. The van der Waals surface area contributed by atoms with Gasteiger partial charge in [0.1, 0.15) is 18.2 Å². The van der Waals surface area contributed by atoms with Crippen LogP contribution in [0.1, 0.15) is 40.5 Å². The fourth-order valence-corrected chi connectivity index (χ4v) is 4.03. The first kappa shape index (κ1) is 27.1. The summed E-state index contributed by atoms with van der Waals surface area (Å²) in [5, 5.41) is 24.1. The monoisotopic (exact) mass is 528 g/mol. The quantitative estimate of drug-likeness (QED) is 0.486. The molecule has 194 valence electrons. The predicted octanol–water partition coefficient (Wildman–Crippen LogP) is 1.78. The number of alkyl halides is 3. The number of aromatic nitrogens is 4. The summed E-state index contributed by atoms with van der Waals surface area (Å²) in [6, 6.07) is 6.36. The van der Waals surface area contributed by atoms with Gasteiger partial charge in [-0.15, -0.1) is 0 Å². The Labute approximate surface area is 204 Å². The highest BCUT2D eigenvalue weighted by Crippen LogP contribution is 2.34. The first-order valence-electron chi connectivity index (χ1n) is 10.4. The van der Waals surface area contributed by atoms with Crippen LogP contribution in [0.3, 0.4) is 0 Å². The lowest BCUT2D eigenvalue weighted by Gasteiger charge is -2.35. The summed E-state index contributed by atoms with van der Waals surface area (Å²) in [5.74, 6) is -0.778. The molecule has 0 radical (unpaired) electrons. The molecule has 1 aliphatic heterocycles. The number of nitriles is 1. The molecule has 0 saturated carbocycles. The zero-order chi connectivity index (χ0) is 27.0. The first-order chi connectivity index (χ1) is 16.7. The van der Waals surface area contributed by atoms with Gasteiger partial charge in [0.2, 0.25) is 5.60 Å². The molecule has 0 spiro atoms. The number of aryl methyl sites for hydroxylation is 1. The molecule has 1 aliphatic rings. The van der Waals surface area contributed by atoms with Gasteiger partial charge in [0.25, 0.3) is 22.5 Å². The van der Waals surface area contributed by atoms with Crippen molar-refractivity contribution in [2.24, 2.45) is 7.05 Å². The molecule has 2 atom stereocenters. The summed E-state index contributed by atoms with van der Waals surface area (Å²) < 4.78 is 68.7. The molecule has 3 heterocycles. The fraction of sp³-hybridized carbons (Fsp3) is 0.429. The highest BCUT2D eigenvalue weighted by Gasteiger charge is 2.46. The average Bonchev–Trinajstić information content (AvgIpc) is 3.37. The molecular formula is C21H23F3N6O5S. The van der Waals surface area contributed by atoms with Gasteiger partial charge in [-0.2, -0.15) is 18.8 Å². The third-order valence-corrected chi connectivity index (χ3v) is 5.56. The third kappa shape index (κ3) is 5.20. The number of nitrogens with zero attached hydrogens (tertiary/aromatic N) is 6. The second-order valence-electron chi connectivity index (χ2n) is 8.39. The van der Waals surface area contributed by atoms with Crippen molar-refractivity contribution in [2.75, 3.05) is 19.5 Å². The summed E-state index contributed by atoms with van der Waals surface area (Å²) >= 11 is 0. The maximum absolute atomic E-state index is 13.3. The summed E-state index contributed by atoms with van der Waals surface area (Å²) in [5.41, 5.74) is -1.34. The molecule has 1 amide bonds. The SMILES string of the molecule is CC1CN(C(=O)c2c3ccc(C#N)cc3nn2C)Cc2cnc(C(O)(CF)C(F)F)n21.CS(=O)(=O)O. The van der Waals surface area contributed by atoms with E-state index in [-0.39, 0.29) is 19.0 Å². The van der Waals surface area contributed by atoms with Gasteiger partial charge in [0, 0.05) is 19.0 Å². The lowest BCUT2D eigenvalue weighted by molar-refractivity contribution is -0.122. The Kier molecular flexibility index (Phi) is 7.44. The van der Waals surface area contributed by atoms with Crippen LogP contribution in [0.4, 0.5) is 13.2 Å². The second kappa shape index (κ2) is 9.88. The Hall–Kier alpha value is -3.48. The van der Waals surface area contributed by atoms with E-state index in [1.807, 2.05) is 6.07 Å². The van der Waals surface area contributed by atoms with E-state index in [0.717, 1.165) is 0 Å². The van der Waals surface area contributed by atoms with Crippen LogP contribution < -0.4 is 0 Å². The smallest absolute Gasteiger partial charge is 0.276 e. The number of fused-ring (bicyclic) bond motifs is 2. The van der Waals surface area contributed by atoms with Crippen molar-refractivity contribution in [3.8, 4) is 6.07 Å². The Balaban J connectivity index is 0.000000658. The second-order valence-corrected chi connectivity index (χ2v) is 9.85. The number of imidazole rings is 1. The van der Waals surface area contributed by atoms with Crippen molar-refractivity contribution in [3.63, 3.8) is 0 Å². The van der Waals surface area contributed by atoms with Gasteiger partial charge in [-0.25, -0.2) is 18.2 Å². The molecular weight excluding hydrogens is 505 g/mol. The summed E-state index contributed by atoms with van der Waals surface area (Å²) in [7, 11) is -2.04. The Morgan fingerprint density at radius 3 is 2.58 bits per heavy atom. The largest absolute Gasteiger partial charge is 0.374 e. The van der Waals surface area contributed by atoms with Gasteiger partial charge in [0.15, 0.2) is 0 Å². The molecule has 15 heteroatoms. The number of rotatable bonds is 4. The van der Waals surface area contributed by atoms with Crippen LogP contribution in [0.2, 0.25) is 0 Å². The van der Waals surface area contributed by atoms with Crippen LogP contribution in [-0.4, -0.2) is 74.1 Å². The van der Waals surface area contributed by atoms with E-state index in [1.165, 1.54) is 20.3 Å². The lowest BCUT2D eigenvalue weighted by Crippen LogP contribution is -2.45. The topological polar surface area (TPSA) is 154 Å². The molecule has 0 aliphatic carbocycles. The maximum atomic E-state index is 13.3. The summed E-state index contributed by atoms with van der Waals surface area (Å²) in [6.07, 6.45) is -1.36. The number of amides is 1. The minimum absolute atomic E-state index is 0.0464. The molecule has 2 aromatic heterocycles. The molecule has 3 aromatic rings. The van der Waals surface area contributed by atoms with E-state index in [2.05, 4.69) is 10.1 Å². The number of carbonyl (C=O) groups excluding carboxylic acids is 1. The van der Waals surface area contributed by atoms with E-state index in [9.17, 15) is 31.5 Å². The first-order valence-corrected chi connectivity index (χ1v) is 12.3. The van der Waals surface area contributed by atoms with Crippen molar-refractivity contribution < 1.29 is 36.0 Å². The number of carbonyl (C=O) groups is 1. The summed E-state index contributed by atoms with van der Waals surface area (Å²) in [4.78, 5) is 18.7. The molecule has 4 rings (SSSR count). The van der Waals surface area contributed by atoms with Crippen LogP contribution in [0, 0.1) is 11.3 Å². The standard InChI is InChI=1S/C20H19F3N6O2.CH4O3S/c1-11-8-28(9-13-7-25-19(29(11)13)20(31,10-21)18(22)23)17(30)16-14-4-3-12(6-24)5-15(14)26-27(16)2;1-5(2,3)4/h3-5,7,11,18,31H,8-10H2,1-2H3;1H3,(H,2,3,4). The normalized spacial score (nSPS) is 17.2. The van der Waals surface area contributed by atoms with Crippen molar-refractivity contribution in [2.45, 2.75) is 31.5 Å². The van der Waals surface area contributed by atoms with Gasteiger partial charge in [0.05, 0.1) is 47.9 Å². The van der Waals surface area contributed by atoms with Crippen LogP contribution in [0.15, 0.2) is 24.4 Å². The fourth-order valence-electron chi connectivity index (χ4n) is 4.03. The van der Waals surface area contributed by atoms with E-state index in [4.69, 9.17) is 9.81 Å². The van der Waals surface area contributed by atoms with Crippen molar-refractivity contribution in [1.29, 1.82) is 5.26 Å². The van der Waals surface area contributed by atoms with Crippen molar-refractivity contribution in [3.05, 3.63) is 47.2 Å². The van der Waals surface area contributed by atoms with Crippen molar-refractivity contribution >= 4 is 26.9 Å². The molecule has 2 N–H and O–H groups in total. The van der Waals surface area contributed by atoms with Crippen molar-refractivity contribution in [1.82, 2.24) is 24.2 Å². The zero-order valence-electron chi connectivity index (χ0n) is 19.4. The van der Waals surface area contributed by atoms with Gasteiger partial charge in [-0.05, 0) is 25.1 Å². The van der Waals surface area contributed by atoms with Gasteiger partial charge >= 0.3 is 0 Å². The number of hydrogen-bond acceptors (Lipinski definition) is 7. The Bertz CT molecular complexity index is 1440. The van der Waals surface area contributed by atoms with Crippen LogP contribution in [0.25, 0.3) is 10.9 Å². The molecule has 0 saturated heterocycles. The highest BCUT2D eigenvalue weighted by atomic mass is 32.2. The summed E-state index contributed by atoms with van der Waals surface area (Å²) in [6.45, 7) is 0.190. The van der Waals surface area contributed by atoms with E-state index in [1.54, 1.807) is 32.2 Å².